The minimum Gasteiger partial charge on any atom is -0.494 e. The van der Waals surface area contributed by atoms with Gasteiger partial charge in [0.25, 0.3) is 0 Å². The maximum atomic E-state index is 12.4. The summed E-state index contributed by atoms with van der Waals surface area (Å²) in [7, 11) is 3.21. The Balaban J connectivity index is 1.62. The molecule has 1 amide bonds. The van der Waals surface area contributed by atoms with E-state index >= 15 is 0 Å². The van der Waals surface area contributed by atoms with Gasteiger partial charge in [-0.15, -0.1) is 0 Å². The number of ether oxygens (including phenoxy) is 4. The first kappa shape index (κ1) is 20.8. The second-order valence-corrected chi connectivity index (χ2v) is 7.06. The maximum Gasteiger partial charge on any atom is 0.220 e. The Kier molecular flexibility index (Phi) is 6.86. The zero-order valence-electron chi connectivity index (χ0n) is 17.5. The third-order valence-corrected chi connectivity index (χ3v) is 4.96. The number of para-hydroxylation sites is 1. The number of hydrogen-bond donors (Lipinski definition) is 1. The molecule has 0 fully saturated rings. The van der Waals surface area contributed by atoms with Gasteiger partial charge in [0.05, 0.1) is 20.8 Å². The van der Waals surface area contributed by atoms with Crippen molar-refractivity contribution >= 4 is 5.91 Å². The van der Waals surface area contributed by atoms with Gasteiger partial charge in [-0.2, -0.15) is 0 Å². The fraction of sp³-hybridized carbons (Fsp3) is 0.435. The fourth-order valence-electron chi connectivity index (χ4n) is 3.59. The van der Waals surface area contributed by atoms with Crippen molar-refractivity contribution in [1.82, 2.24) is 5.32 Å². The van der Waals surface area contributed by atoms with Crippen molar-refractivity contribution in [2.75, 3.05) is 20.8 Å². The highest BCUT2D eigenvalue weighted by Gasteiger charge is 2.22. The zero-order valence-corrected chi connectivity index (χ0v) is 17.5. The molecule has 0 spiro atoms. The Labute approximate surface area is 172 Å². The van der Waals surface area contributed by atoms with Gasteiger partial charge in [0, 0.05) is 30.5 Å². The number of nitrogens with one attached hydrogen (secondary N) is 1. The van der Waals surface area contributed by atoms with Crippen molar-refractivity contribution in [1.29, 1.82) is 0 Å². The van der Waals surface area contributed by atoms with Gasteiger partial charge < -0.3 is 24.3 Å². The highest BCUT2D eigenvalue weighted by Crippen LogP contribution is 2.35. The van der Waals surface area contributed by atoms with E-state index in [0.717, 1.165) is 34.6 Å². The van der Waals surface area contributed by atoms with Crippen LogP contribution in [0.3, 0.4) is 0 Å². The molecule has 1 heterocycles. The number of methoxy groups -OCH3 is 2. The molecule has 0 saturated heterocycles. The van der Waals surface area contributed by atoms with E-state index in [1.165, 1.54) is 0 Å². The number of rotatable bonds is 9. The predicted octanol–water partition coefficient (Wildman–Crippen LogP) is 3.67. The van der Waals surface area contributed by atoms with E-state index in [4.69, 9.17) is 18.9 Å². The Morgan fingerprint density at radius 2 is 2.00 bits per heavy atom. The molecule has 1 atom stereocenters. The molecule has 0 aromatic heterocycles. The molecule has 2 aromatic carbocycles. The second-order valence-electron chi connectivity index (χ2n) is 7.06. The first-order valence-corrected chi connectivity index (χ1v) is 9.97. The first-order valence-electron chi connectivity index (χ1n) is 9.97. The van der Waals surface area contributed by atoms with Crippen LogP contribution in [0.1, 0.15) is 37.0 Å². The lowest BCUT2D eigenvalue weighted by molar-refractivity contribution is -0.121. The molecule has 0 bridgehead atoms. The van der Waals surface area contributed by atoms with Gasteiger partial charge in [-0.1, -0.05) is 12.1 Å². The van der Waals surface area contributed by atoms with Gasteiger partial charge in [0.2, 0.25) is 5.91 Å². The fourth-order valence-corrected chi connectivity index (χ4v) is 3.59. The van der Waals surface area contributed by atoms with Gasteiger partial charge in [-0.05, 0) is 44.0 Å². The quantitative estimate of drug-likeness (QED) is 0.697. The number of amides is 1. The van der Waals surface area contributed by atoms with Crippen molar-refractivity contribution < 1.29 is 23.7 Å². The Bertz CT molecular complexity index is 865. The molecule has 29 heavy (non-hydrogen) atoms. The summed E-state index contributed by atoms with van der Waals surface area (Å²) in [6, 6.07) is 9.70. The van der Waals surface area contributed by atoms with Crippen LogP contribution in [0.15, 0.2) is 30.3 Å². The van der Waals surface area contributed by atoms with Crippen LogP contribution in [0.5, 0.6) is 23.0 Å². The Hall–Kier alpha value is -2.89. The van der Waals surface area contributed by atoms with E-state index < -0.39 is 0 Å². The minimum atomic E-state index is -0.0351. The molecule has 3 rings (SSSR count). The van der Waals surface area contributed by atoms with Gasteiger partial charge in [-0.3, -0.25) is 4.79 Å². The van der Waals surface area contributed by atoms with Crippen molar-refractivity contribution in [3.63, 3.8) is 0 Å². The van der Waals surface area contributed by atoms with E-state index in [1.54, 1.807) is 14.2 Å². The van der Waals surface area contributed by atoms with Crippen LogP contribution in [-0.4, -0.2) is 32.8 Å². The molecule has 0 saturated carbocycles. The number of aryl methyl sites for hydroxylation is 1. The lowest BCUT2D eigenvalue weighted by Crippen LogP contribution is -2.23. The van der Waals surface area contributed by atoms with Crippen molar-refractivity contribution in [3.05, 3.63) is 47.0 Å². The minimum absolute atomic E-state index is 0.0351. The van der Waals surface area contributed by atoms with Crippen molar-refractivity contribution in [2.45, 2.75) is 45.8 Å². The first-order chi connectivity index (χ1) is 14.0. The monoisotopic (exact) mass is 399 g/mol. The van der Waals surface area contributed by atoms with Crippen LogP contribution in [0.25, 0.3) is 0 Å². The molecule has 0 aliphatic carbocycles. The lowest BCUT2D eigenvalue weighted by atomic mass is 10.1. The molecule has 1 N–H and O–H groups in total. The largest absolute Gasteiger partial charge is 0.494 e. The zero-order chi connectivity index (χ0) is 20.8. The molecule has 0 radical (unpaired) electrons. The molecular weight excluding hydrogens is 370 g/mol. The van der Waals surface area contributed by atoms with Gasteiger partial charge >= 0.3 is 0 Å². The average molecular weight is 399 g/mol. The normalized spacial score (nSPS) is 14.7. The van der Waals surface area contributed by atoms with Crippen LogP contribution in [0.4, 0.5) is 0 Å². The molecule has 2 aromatic rings. The second kappa shape index (κ2) is 9.54. The third kappa shape index (κ3) is 4.94. The van der Waals surface area contributed by atoms with Crippen LogP contribution < -0.4 is 24.3 Å². The summed E-state index contributed by atoms with van der Waals surface area (Å²) in [6.45, 7) is 4.98. The smallest absolute Gasteiger partial charge is 0.220 e. The predicted molar refractivity (Wildman–Crippen MR) is 111 cm³/mol. The lowest BCUT2D eigenvalue weighted by Gasteiger charge is -2.14. The van der Waals surface area contributed by atoms with Gasteiger partial charge in [0.1, 0.15) is 17.6 Å². The van der Waals surface area contributed by atoms with Gasteiger partial charge in [0.15, 0.2) is 11.5 Å². The molecule has 1 aliphatic rings. The van der Waals surface area contributed by atoms with Gasteiger partial charge in [-0.25, -0.2) is 0 Å². The highest BCUT2D eigenvalue weighted by molar-refractivity contribution is 5.76. The summed E-state index contributed by atoms with van der Waals surface area (Å²) in [5, 5.41) is 2.99. The summed E-state index contributed by atoms with van der Waals surface area (Å²) < 4.78 is 22.4. The van der Waals surface area contributed by atoms with E-state index in [1.807, 2.05) is 37.3 Å². The Morgan fingerprint density at radius 1 is 1.17 bits per heavy atom. The average Bonchev–Trinajstić information content (AvgIpc) is 3.08. The van der Waals surface area contributed by atoms with E-state index in [-0.39, 0.29) is 12.0 Å². The van der Waals surface area contributed by atoms with E-state index in [2.05, 4.69) is 12.2 Å². The maximum absolute atomic E-state index is 12.4. The summed E-state index contributed by atoms with van der Waals surface area (Å²) in [5.41, 5.74) is 3.02. The molecule has 6 nitrogen and oxygen atoms in total. The standard InChI is InChI=1S/C23H29NO5/c1-5-28-20-12-17-11-15(2)29-21(17)13-18(20)14-24-22(25)10-9-16-7-6-8-19(26-3)23(16)27-4/h6-8,12-13,15H,5,9-11,14H2,1-4H3,(H,24,25)/t15-/m1/s1. The van der Waals surface area contributed by atoms with E-state index in [9.17, 15) is 4.79 Å². The van der Waals surface area contributed by atoms with Crippen molar-refractivity contribution in [3.8, 4) is 23.0 Å². The van der Waals surface area contributed by atoms with Crippen LogP contribution in [0.2, 0.25) is 0 Å². The van der Waals surface area contributed by atoms with Crippen LogP contribution in [0, 0.1) is 0 Å². The molecular formula is C23H29NO5. The third-order valence-electron chi connectivity index (χ3n) is 4.96. The number of carbonyl (C=O) groups is 1. The summed E-state index contributed by atoms with van der Waals surface area (Å²) in [6.07, 6.45) is 1.97. The van der Waals surface area contributed by atoms with Crippen LogP contribution in [-0.2, 0) is 24.2 Å². The SMILES string of the molecule is CCOc1cc2c(cc1CNC(=O)CCc1cccc(OC)c1OC)O[C@H](C)C2. The van der Waals surface area contributed by atoms with Crippen molar-refractivity contribution in [2.24, 2.45) is 0 Å². The number of carbonyl (C=O) groups excluding carboxylic acids is 1. The summed E-state index contributed by atoms with van der Waals surface area (Å²) >= 11 is 0. The molecule has 1 aliphatic heterocycles. The topological polar surface area (TPSA) is 66.0 Å². The molecule has 156 valence electrons. The molecule has 6 heteroatoms. The highest BCUT2D eigenvalue weighted by atomic mass is 16.5. The summed E-state index contributed by atoms with van der Waals surface area (Å²) in [4.78, 5) is 12.4. The number of benzene rings is 2. The molecule has 0 unspecified atom stereocenters. The number of fused-ring (bicyclic) bond motifs is 1. The number of hydrogen-bond acceptors (Lipinski definition) is 5. The van der Waals surface area contributed by atoms with Crippen LogP contribution >= 0.6 is 0 Å². The Morgan fingerprint density at radius 3 is 2.72 bits per heavy atom. The van der Waals surface area contributed by atoms with E-state index in [0.29, 0.717) is 37.5 Å². The summed E-state index contributed by atoms with van der Waals surface area (Å²) in [5.74, 6) is 2.99.